The minimum Gasteiger partial charge on any atom is -0.480 e. The van der Waals surface area contributed by atoms with Crippen LogP contribution in [0.5, 0.6) is 0 Å². The van der Waals surface area contributed by atoms with Crippen molar-refractivity contribution in [2.75, 3.05) is 24.5 Å². The van der Waals surface area contributed by atoms with Gasteiger partial charge in [0, 0.05) is 19.6 Å². The number of hydrogen-bond donors (Lipinski definition) is 2. The number of fused-ring (bicyclic) bond motifs is 1. The van der Waals surface area contributed by atoms with Gasteiger partial charge in [-0.1, -0.05) is 23.7 Å². The van der Waals surface area contributed by atoms with Crippen molar-refractivity contribution in [1.29, 1.82) is 0 Å². The first-order valence-corrected chi connectivity index (χ1v) is 6.67. The summed E-state index contributed by atoms with van der Waals surface area (Å²) >= 11 is 6.18. The van der Waals surface area contributed by atoms with Crippen molar-refractivity contribution in [1.82, 2.24) is 15.3 Å². The third-order valence-corrected chi connectivity index (χ3v) is 3.57. The highest BCUT2D eigenvalue weighted by molar-refractivity contribution is 6.32. The average Bonchev–Trinajstić information content (AvgIpc) is 2.46. The molecule has 0 saturated carbocycles. The minimum absolute atomic E-state index is 0. The van der Waals surface area contributed by atoms with E-state index in [2.05, 4.69) is 15.3 Å². The number of piperazine rings is 1. The maximum Gasteiger partial charge on any atom is 0.327 e. The van der Waals surface area contributed by atoms with Crippen molar-refractivity contribution in [2.24, 2.45) is 0 Å². The second-order valence-corrected chi connectivity index (χ2v) is 4.94. The largest absolute Gasteiger partial charge is 0.480 e. The zero-order chi connectivity index (χ0) is 14.1. The molecule has 1 aromatic carbocycles. The number of halogens is 2. The summed E-state index contributed by atoms with van der Waals surface area (Å²) in [6, 6.07) is 6.69. The molecule has 0 radical (unpaired) electrons. The fourth-order valence-corrected chi connectivity index (χ4v) is 2.57. The van der Waals surface area contributed by atoms with E-state index in [1.807, 2.05) is 24.3 Å². The molecule has 1 fully saturated rings. The molecule has 1 atom stereocenters. The minimum atomic E-state index is -0.900. The predicted octanol–water partition coefficient (Wildman–Crippen LogP) is 1.57. The molecule has 1 aromatic heterocycles. The second-order valence-electron chi connectivity index (χ2n) is 4.58. The summed E-state index contributed by atoms with van der Waals surface area (Å²) in [5.74, 6) is -0.470. The molecule has 0 bridgehead atoms. The highest BCUT2D eigenvalue weighted by atomic mass is 35.5. The molecular weight excluding hydrogens is 315 g/mol. The summed E-state index contributed by atoms with van der Waals surface area (Å²) in [7, 11) is 0. The van der Waals surface area contributed by atoms with Gasteiger partial charge >= 0.3 is 5.97 Å². The van der Waals surface area contributed by atoms with Crippen LogP contribution in [0.2, 0.25) is 5.15 Å². The number of carboxylic acid groups (broad SMARTS) is 1. The molecule has 112 valence electrons. The lowest BCUT2D eigenvalue weighted by atomic mass is 10.2. The Morgan fingerprint density at radius 3 is 2.67 bits per heavy atom. The third kappa shape index (κ3) is 3.02. The van der Waals surface area contributed by atoms with Gasteiger partial charge in [0.25, 0.3) is 0 Å². The molecule has 21 heavy (non-hydrogen) atoms. The van der Waals surface area contributed by atoms with E-state index < -0.39 is 12.0 Å². The van der Waals surface area contributed by atoms with E-state index in [1.54, 1.807) is 4.90 Å². The lowest BCUT2D eigenvalue weighted by Crippen LogP contribution is -2.55. The van der Waals surface area contributed by atoms with Crippen molar-refractivity contribution in [3.63, 3.8) is 0 Å². The molecule has 6 nitrogen and oxygen atoms in total. The Morgan fingerprint density at radius 2 is 2.00 bits per heavy atom. The summed E-state index contributed by atoms with van der Waals surface area (Å²) in [6.07, 6.45) is 0. The number of carbonyl (C=O) groups is 1. The molecule has 1 saturated heterocycles. The number of aliphatic carboxylic acids is 1. The number of nitrogens with one attached hydrogen (secondary N) is 1. The van der Waals surface area contributed by atoms with E-state index in [9.17, 15) is 9.90 Å². The van der Waals surface area contributed by atoms with E-state index in [0.717, 1.165) is 0 Å². The molecule has 0 aliphatic carbocycles. The van der Waals surface area contributed by atoms with Crippen LogP contribution in [0.4, 0.5) is 5.82 Å². The van der Waals surface area contributed by atoms with E-state index in [0.29, 0.717) is 36.5 Å². The van der Waals surface area contributed by atoms with Gasteiger partial charge in [-0.25, -0.2) is 14.8 Å². The van der Waals surface area contributed by atoms with Gasteiger partial charge in [-0.15, -0.1) is 12.4 Å². The van der Waals surface area contributed by atoms with Crippen LogP contribution in [-0.2, 0) is 4.79 Å². The lowest BCUT2D eigenvalue weighted by molar-refractivity contribution is -0.138. The van der Waals surface area contributed by atoms with E-state index in [-0.39, 0.29) is 17.6 Å². The molecular formula is C13H14Cl2N4O2. The third-order valence-electron chi connectivity index (χ3n) is 3.31. The zero-order valence-corrected chi connectivity index (χ0v) is 12.6. The van der Waals surface area contributed by atoms with Crippen molar-refractivity contribution in [2.45, 2.75) is 6.04 Å². The predicted molar refractivity (Wildman–Crippen MR) is 83.4 cm³/mol. The van der Waals surface area contributed by atoms with Gasteiger partial charge in [0.1, 0.15) is 6.04 Å². The van der Waals surface area contributed by atoms with E-state index >= 15 is 0 Å². The first kappa shape index (κ1) is 15.8. The van der Waals surface area contributed by atoms with Crippen LogP contribution in [0.1, 0.15) is 0 Å². The average molecular weight is 329 g/mol. The Hall–Kier alpha value is -1.63. The number of aromatic nitrogens is 2. The number of para-hydroxylation sites is 2. The standard InChI is InChI=1S/C13H13ClN4O2.ClH/c14-11-12(17-9-4-2-1-3-8(9)16-11)18-6-5-15-7-10(18)13(19)20;/h1-4,10,15H,5-7H2,(H,19,20);1H. The van der Waals surface area contributed by atoms with Gasteiger partial charge in [-0.2, -0.15) is 0 Å². The Bertz CT molecular complexity index is 668. The number of nitrogens with zero attached hydrogens (tertiary/aromatic N) is 3. The van der Waals surface area contributed by atoms with Gasteiger partial charge in [0.2, 0.25) is 0 Å². The molecule has 2 heterocycles. The number of carboxylic acids is 1. The summed E-state index contributed by atoms with van der Waals surface area (Å²) in [5.41, 5.74) is 1.40. The topological polar surface area (TPSA) is 78.4 Å². The Kier molecular flexibility index (Phi) is 4.82. The molecule has 0 amide bonds. The highest BCUT2D eigenvalue weighted by Gasteiger charge is 2.31. The number of rotatable bonds is 2. The summed E-state index contributed by atoms with van der Waals surface area (Å²) in [5, 5.41) is 12.6. The molecule has 8 heteroatoms. The quantitative estimate of drug-likeness (QED) is 0.871. The summed E-state index contributed by atoms with van der Waals surface area (Å²) < 4.78 is 0. The van der Waals surface area contributed by atoms with Crippen LogP contribution in [-0.4, -0.2) is 46.7 Å². The maximum atomic E-state index is 11.3. The van der Waals surface area contributed by atoms with Crippen LogP contribution in [0, 0.1) is 0 Å². The molecule has 2 aromatic rings. The van der Waals surface area contributed by atoms with Crippen LogP contribution in [0.15, 0.2) is 24.3 Å². The van der Waals surface area contributed by atoms with Crippen molar-refractivity contribution < 1.29 is 9.90 Å². The number of benzene rings is 1. The first-order valence-electron chi connectivity index (χ1n) is 6.29. The molecule has 1 unspecified atom stereocenters. The van der Waals surface area contributed by atoms with Crippen LogP contribution >= 0.6 is 24.0 Å². The maximum absolute atomic E-state index is 11.3. The van der Waals surface area contributed by atoms with Crippen LogP contribution in [0.3, 0.4) is 0 Å². The Morgan fingerprint density at radius 1 is 1.33 bits per heavy atom. The Balaban J connectivity index is 0.00000161. The van der Waals surface area contributed by atoms with Crippen LogP contribution in [0.25, 0.3) is 11.0 Å². The van der Waals surface area contributed by atoms with Crippen molar-refractivity contribution >= 4 is 46.8 Å². The smallest absolute Gasteiger partial charge is 0.327 e. The fourth-order valence-electron chi connectivity index (χ4n) is 2.33. The van der Waals surface area contributed by atoms with Crippen molar-refractivity contribution in [3.8, 4) is 0 Å². The van der Waals surface area contributed by atoms with Gasteiger partial charge in [0.15, 0.2) is 11.0 Å². The van der Waals surface area contributed by atoms with E-state index in [4.69, 9.17) is 11.6 Å². The highest BCUT2D eigenvalue weighted by Crippen LogP contribution is 2.26. The zero-order valence-electron chi connectivity index (χ0n) is 11.0. The van der Waals surface area contributed by atoms with Gasteiger partial charge in [0.05, 0.1) is 11.0 Å². The molecule has 1 aliphatic heterocycles. The monoisotopic (exact) mass is 328 g/mol. The van der Waals surface area contributed by atoms with Crippen LogP contribution < -0.4 is 10.2 Å². The SMILES string of the molecule is Cl.O=C(O)C1CNCCN1c1nc2ccccc2nc1Cl. The Labute approximate surface area is 132 Å². The molecule has 1 aliphatic rings. The fraction of sp³-hybridized carbons (Fsp3) is 0.308. The van der Waals surface area contributed by atoms with Gasteiger partial charge < -0.3 is 15.3 Å². The van der Waals surface area contributed by atoms with E-state index in [1.165, 1.54) is 0 Å². The first-order chi connectivity index (χ1) is 9.66. The second kappa shape index (κ2) is 6.43. The number of anilines is 1. The number of hydrogen-bond acceptors (Lipinski definition) is 5. The lowest BCUT2D eigenvalue weighted by Gasteiger charge is -2.34. The molecule has 2 N–H and O–H groups in total. The van der Waals surface area contributed by atoms with Crippen molar-refractivity contribution in [3.05, 3.63) is 29.4 Å². The molecule has 0 spiro atoms. The summed E-state index contributed by atoms with van der Waals surface area (Å²) in [6.45, 7) is 1.58. The summed E-state index contributed by atoms with van der Waals surface area (Å²) in [4.78, 5) is 21.8. The van der Waals surface area contributed by atoms with Gasteiger partial charge in [-0.05, 0) is 12.1 Å². The van der Waals surface area contributed by atoms with Gasteiger partial charge in [-0.3, -0.25) is 0 Å². The molecule has 3 rings (SSSR count). The normalized spacial score (nSPS) is 18.3.